The quantitative estimate of drug-likeness (QED) is 0.312. The number of nitrogens with zero attached hydrogens (tertiary/aromatic N) is 3. The highest BCUT2D eigenvalue weighted by Gasteiger charge is 2.63. The van der Waals surface area contributed by atoms with E-state index >= 15 is 0 Å². The summed E-state index contributed by atoms with van der Waals surface area (Å²) in [7, 11) is 5.27. The van der Waals surface area contributed by atoms with Crippen molar-refractivity contribution < 1.29 is 23.9 Å². The van der Waals surface area contributed by atoms with Crippen LogP contribution in [0.5, 0.6) is 5.75 Å². The van der Waals surface area contributed by atoms with Crippen molar-refractivity contribution in [3.8, 4) is 5.75 Å². The van der Waals surface area contributed by atoms with Crippen LogP contribution in [0.4, 0.5) is 9.59 Å². The van der Waals surface area contributed by atoms with Crippen molar-refractivity contribution in [3.05, 3.63) is 65.2 Å². The maximum absolute atomic E-state index is 13.5. The van der Waals surface area contributed by atoms with Gasteiger partial charge in [0, 0.05) is 27.2 Å². The fraction of sp³-hybridized carbons (Fsp3) is 0.531. The van der Waals surface area contributed by atoms with E-state index in [9.17, 15) is 14.4 Å². The number of likely N-dealkylation sites (tertiary alicyclic amines) is 1. The van der Waals surface area contributed by atoms with E-state index in [4.69, 9.17) is 9.47 Å². The van der Waals surface area contributed by atoms with Crippen LogP contribution in [0.3, 0.4) is 0 Å². The molecule has 224 valence electrons. The van der Waals surface area contributed by atoms with Crippen LogP contribution < -0.4 is 10.1 Å². The molecule has 1 aliphatic heterocycles. The lowest BCUT2D eigenvalue weighted by Gasteiger charge is -2.53. The van der Waals surface area contributed by atoms with Gasteiger partial charge < -0.3 is 19.7 Å². The van der Waals surface area contributed by atoms with Crippen LogP contribution >= 0.6 is 0 Å². The molecule has 0 spiro atoms. The normalized spacial score (nSPS) is 16.6. The topological polar surface area (TPSA) is 91.4 Å². The third-order valence-corrected chi connectivity index (χ3v) is 7.87. The fourth-order valence-corrected chi connectivity index (χ4v) is 5.14. The van der Waals surface area contributed by atoms with E-state index in [0.717, 1.165) is 29.5 Å². The second-order valence-electron chi connectivity index (χ2n) is 11.1. The predicted octanol–water partition coefficient (Wildman–Crippen LogP) is 5.73. The molecule has 9 heteroatoms. The van der Waals surface area contributed by atoms with Crippen LogP contribution in [0.2, 0.25) is 0 Å². The van der Waals surface area contributed by atoms with Crippen LogP contribution in [0.15, 0.2) is 48.5 Å². The summed E-state index contributed by atoms with van der Waals surface area (Å²) in [6.07, 6.45) is 1.77. The zero-order valence-electron chi connectivity index (χ0n) is 25.6. The second-order valence-corrected chi connectivity index (χ2v) is 11.1. The molecule has 3 rings (SSSR count). The molecular formula is C32H46N4O5. The Labute approximate surface area is 244 Å². The molecule has 1 saturated heterocycles. The smallest absolute Gasteiger partial charge is 0.409 e. The Balaban J connectivity index is 1.68. The first-order chi connectivity index (χ1) is 19.6. The van der Waals surface area contributed by atoms with Gasteiger partial charge in [-0.05, 0) is 56.5 Å². The Morgan fingerprint density at radius 1 is 1.00 bits per heavy atom. The first-order valence-electron chi connectivity index (χ1n) is 14.5. The summed E-state index contributed by atoms with van der Waals surface area (Å²) in [5.74, 6) is 0.402. The molecule has 0 radical (unpaired) electrons. The molecule has 0 unspecified atom stereocenters. The molecule has 9 nitrogen and oxygen atoms in total. The number of aryl methyl sites for hydroxylation is 1. The number of likely N-dealkylation sites (N-methyl/N-ethyl adjacent to an activating group) is 1. The van der Waals surface area contributed by atoms with Gasteiger partial charge in [-0.1, -0.05) is 69.2 Å². The number of ether oxygens (including phenoxy) is 2. The van der Waals surface area contributed by atoms with Gasteiger partial charge in [0.2, 0.25) is 5.91 Å². The van der Waals surface area contributed by atoms with E-state index in [2.05, 4.69) is 17.1 Å². The number of amides is 4. The molecule has 2 atom stereocenters. The molecule has 1 fully saturated rings. The lowest BCUT2D eigenvalue weighted by atomic mass is 9.72. The van der Waals surface area contributed by atoms with Crippen molar-refractivity contribution in [2.75, 3.05) is 34.3 Å². The zero-order valence-corrected chi connectivity index (χ0v) is 25.6. The molecule has 1 aliphatic rings. The number of urea groups is 1. The van der Waals surface area contributed by atoms with Crippen LogP contribution in [0.25, 0.3) is 0 Å². The number of benzene rings is 2. The van der Waals surface area contributed by atoms with E-state index in [1.54, 1.807) is 14.1 Å². The summed E-state index contributed by atoms with van der Waals surface area (Å²) in [6.45, 7) is 9.62. The monoisotopic (exact) mass is 566 g/mol. The minimum absolute atomic E-state index is 0.192. The Morgan fingerprint density at radius 2 is 1.63 bits per heavy atom. The van der Waals surface area contributed by atoms with Gasteiger partial charge >= 0.3 is 12.1 Å². The molecule has 1 heterocycles. The highest BCUT2D eigenvalue weighted by Crippen LogP contribution is 2.46. The fourth-order valence-electron chi connectivity index (χ4n) is 5.14. The minimum Gasteiger partial charge on any atom is -0.469 e. The van der Waals surface area contributed by atoms with Crippen molar-refractivity contribution in [2.24, 2.45) is 5.41 Å². The molecule has 0 saturated carbocycles. The molecule has 41 heavy (non-hydrogen) atoms. The van der Waals surface area contributed by atoms with Crippen LogP contribution in [0, 0.1) is 12.3 Å². The number of nitrogens with one attached hydrogen (secondary N) is 1. The van der Waals surface area contributed by atoms with Crippen LogP contribution in [-0.2, 0) is 16.1 Å². The number of imide groups is 1. The van der Waals surface area contributed by atoms with Crippen molar-refractivity contribution in [3.63, 3.8) is 0 Å². The first-order valence-corrected chi connectivity index (χ1v) is 14.5. The first kappa shape index (κ1) is 31.9. The molecule has 2 aromatic rings. The van der Waals surface area contributed by atoms with Gasteiger partial charge in [-0.25, -0.2) is 14.5 Å². The van der Waals surface area contributed by atoms with E-state index in [-0.39, 0.29) is 18.0 Å². The molecule has 0 bridgehead atoms. The Hall–Kier alpha value is -3.59. The van der Waals surface area contributed by atoms with Crippen molar-refractivity contribution in [1.82, 2.24) is 20.0 Å². The second kappa shape index (κ2) is 14.3. The summed E-state index contributed by atoms with van der Waals surface area (Å²) in [4.78, 5) is 43.2. The summed E-state index contributed by atoms with van der Waals surface area (Å²) in [6, 6.07) is 15.2. The van der Waals surface area contributed by atoms with Crippen molar-refractivity contribution in [1.29, 1.82) is 0 Å². The van der Waals surface area contributed by atoms with Crippen LogP contribution in [-0.4, -0.2) is 73.3 Å². The Morgan fingerprint density at radius 3 is 2.20 bits per heavy atom. The van der Waals surface area contributed by atoms with E-state index in [1.807, 2.05) is 76.3 Å². The minimum atomic E-state index is -0.746. The number of rotatable bonds is 13. The average Bonchev–Trinajstić information content (AvgIpc) is 2.94. The van der Waals surface area contributed by atoms with Crippen LogP contribution in [0.1, 0.15) is 69.2 Å². The molecular weight excluding hydrogens is 520 g/mol. The lowest BCUT2D eigenvalue weighted by molar-refractivity contribution is -0.191. The predicted molar refractivity (Wildman–Crippen MR) is 159 cm³/mol. The van der Waals surface area contributed by atoms with Crippen molar-refractivity contribution in [2.45, 2.75) is 72.2 Å². The number of β-lactam (4-membered cyclic amide) rings is 1. The number of hydrogen-bond donors (Lipinski definition) is 1. The summed E-state index contributed by atoms with van der Waals surface area (Å²) in [5.41, 5.74) is 2.49. The van der Waals surface area contributed by atoms with Gasteiger partial charge in [-0.2, -0.15) is 0 Å². The van der Waals surface area contributed by atoms with E-state index in [1.165, 1.54) is 9.80 Å². The molecule has 0 aliphatic carbocycles. The molecule has 1 N–H and O–H groups in total. The standard InChI is InChI=1S/C32H46N4O5/c1-8-11-27(25-16-12-23(4)13-17-25)33-30(38)36-28(37)32(9-2,10-3)29(36)41-26-18-14-24(15-19-26)22-35(7)20-21-40-31(39)34(5)6/h12-19,27,29H,8-11,20-22H2,1-7H3,(H,33,38)/t27-,29+/m1/s1. The largest absolute Gasteiger partial charge is 0.469 e. The lowest BCUT2D eigenvalue weighted by Crippen LogP contribution is -2.73. The Bertz CT molecular complexity index is 1160. The maximum Gasteiger partial charge on any atom is 0.409 e. The average molecular weight is 567 g/mol. The number of carbonyl (C=O) groups excluding carboxylic acids is 3. The van der Waals surface area contributed by atoms with Gasteiger partial charge in [-0.15, -0.1) is 0 Å². The number of hydrogen-bond acceptors (Lipinski definition) is 6. The molecule has 0 aromatic heterocycles. The van der Waals surface area contributed by atoms with Gasteiger partial charge in [0.05, 0.1) is 6.04 Å². The van der Waals surface area contributed by atoms with Gasteiger partial charge in [-0.3, -0.25) is 9.69 Å². The Kier molecular flexibility index (Phi) is 11.2. The summed E-state index contributed by atoms with van der Waals surface area (Å²) >= 11 is 0. The summed E-state index contributed by atoms with van der Waals surface area (Å²) < 4.78 is 11.6. The molecule has 4 amide bonds. The van der Waals surface area contributed by atoms with E-state index < -0.39 is 17.7 Å². The van der Waals surface area contributed by atoms with Gasteiger partial charge in [0.25, 0.3) is 0 Å². The van der Waals surface area contributed by atoms with Gasteiger partial charge in [0.15, 0.2) is 6.23 Å². The third-order valence-electron chi connectivity index (χ3n) is 7.87. The highest BCUT2D eigenvalue weighted by molar-refractivity contribution is 6.03. The number of carbonyl (C=O) groups is 3. The zero-order chi connectivity index (χ0) is 30.2. The van der Waals surface area contributed by atoms with Gasteiger partial charge in [0.1, 0.15) is 17.8 Å². The third kappa shape index (κ3) is 7.58. The SMILES string of the molecule is CCC[C@@H](NC(=O)N1C(=O)C(CC)(CC)[C@@H]1Oc1ccc(CN(C)CCOC(=O)N(C)C)cc1)c1ccc(C)cc1. The van der Waals surface area contributed by atoms with E-state index in [0.29, 0.717) is 38.3 Å². The highest BCUT2D eigenvalue weighted by atomic mass is 16.6. The summed E-state index contributed by atoms with van der Waals surface area (Å²) in [5, 5.41) is 3.09. The molecule has 2 aromatic carbocycles. The maximum atomic E-state index is 13.5. The van der Waals surface area contributed by atoms with Crippen molar-refractivity contribution >= 4 is 18.0 Å².